The zero-order valence-corrected chi connectivity index (χ0v) is 11.4. The summed E-state index contributed by atoms with van der Waals surface area (Å²) in [6.07, 6.45) is 2.21. The van der Waals surface area contributed by atoms with E-state index < -0.39 is 0 Å². The smallest absolute Gasteiger partial charge is 0.00302 e. The highest BCUT2D eigenvalue weighted by Gasteiger charge is 2.18. The van der Waals surface area contributed by atoms with Gasteiger partial charge in [-0.05, 0) is 37.4 Å². The van der Waals surface area contributed by atoms with E-state index in [2.05, 4.69) is 56.1 Å². The van der Waals surface area contributed by atoms with Gasteiger partial charge in [-0.25, -0.2) is 0 Å². The predicted octanol–water partition coefficient (Wildman–Crippen LogP) is 2.54. The molecule has 96 valence electrons. The molecule has 0 bridgehead atoms. The Kier molecular flexibility index (Phi) is 5.66. The van der Waals surface area contributed by atoms with Crippen molar-refractivity contribution in [2.45, 2.75) is 26.7 Å². The number of benzene rings is 1. The number of likely N-dealkylation sites (N-methyl/N-ethyl adjacent to an activating group) is 1. The molecule has 0 aliphatic carbocycles. The Morgan fingerprint density at radius 1 is 1.18 bits per heavy atom. The molecular formula is C15H26N2. The lowest BCUT2D eigenvalue weighted by Gasteiger charge is -2.30. The average Bonchev–Trinajstić information content (AvgIpc) is 2.27. The van der Waals surface area contributed by atoms with Crippen molar-refractivity contribution in [2.75, 3.05) is 26.7 Å². The first-order chi connectivity index (χ1) is 8.03. The van der Waals surface area contributed by atoms with Crippen LogP contribution in [0.15, 0.2) is 30.3 Å². The molecule has 1 aromatic rings. The van der Waals surface area contributed by atoms with Crippen LogP contribution < -0.4 is 5.73 Å². The van der Waals surface area contributed by atoms with E-state index in [1.807, 2.05) is 0 Å². The van der Waals surface area contributed by atoms with Crippen LogP contribution >= 0.6 is 0 Å². The van der Waals surface area contributed by atoms with Gasteiger partial charge in [0, 0.05) is 13.1 Å². The molecule has 1 rings (SSSR count). The van der Waals surface area contributed by atoms with Crippen LogP contribution in [-0.4, -0.2) is 31.6 Å². The fourth-order valence-corrected chi connectivity index (χ4v) is 2.24. The summed E-state index contributed by atoms with van der Waals surface area (Å²) in [6.45, 7) is 7.58. The van der Waals surface area contributed by atoms with E-state index >= 15 is 0 Å². The molecule has 0 aromatic heterocycles. The summed E-state index contributed by atoms with van der Waals surface area (Å²) >= 11 is 0. The van der Waals surface area contributed by atoms with Gasteiger partial charge in [0.05, 0.1) is 0 Å². The molecule has 0 radical (unpaired) electrons. The summed E-state index contributed by atoms with van der Waals surface area (Å²) in [5.41, 5.74) is 7.37. The third kappa shape index (κ3) is 5.85. The van der Waals surface area contributed by atoms with Crippen LogP contribution in [0.4, 0.5) is 0 Å². The molecule has 0 saturated heterocycles. The molecule has 0 amide bonds. The van der Waals surface area contributed by atoms with E-state index in [1.54, 1.807) is 0 Å². The second-order valence-corrected chi connectivity index (χ2v) is 5.68. The lowest BCUT2D eigenvalue weighted by molar-refractivity contribution is 0.202. The second-order valence-electron chi connectivity index (χ2n) is 5.68. The molecule has 17 heavy (non-hydrogen) atoms. The Morgan fingerprint density at radius 3 is 2.41 bits per heavy atom. The second kappa shape index (κ2) is 6.77. The lowest BCUT2D eigenvalue weighted by Crippen LogP contribution is -2.34. The third-order valence-electron chi connectivity index (χ3n) is 3.14. The minimum absolute atomic E-state index is 0.320. The van der Waals surface area contributed by atoms with Gasteiger partial charge < -0.3 is 10.6 Å². The average molecular weight is 234 g/mol. The van der Waals surface area contributed by atoms with Crippen LogP contribution in [0.25, 0.3) is 0 Å². The van der Waals surface area contributed by atoms with E-state index in [-0.39, 0.29) is 0 Å². The van der Waals surface area contributed by atoms with Gasteiger partial charge in [-0.2, -0.15) is 0 Å². The van der Waals surface area contributed by atoms with Crippen LogP contribution in [0.3, 0.4) is 0 Å². The minimum atomic E-state index is 0.320. The number of rotatable bonds is 7. The Labute approximate surface area is 106 Å². The van der Waals surface area contributed by atoms with Gasteiger partial charge in [-0.1, -0.05) is 44.2 Å². The largest absolute Gasteiger partial charge is 0.330 e. The molecule has 0 aliphatic rings. The maximum atomic E-state index is 5.64. The van der Waals surface area contributed by atoms with Gasteiger partial charge in [0.2, 0.25) is 0 Å². The van der Waals surface area contributed by atoms with Crippen LogP contribution in [0, 0.1) is 5.41 Å². The summed E-state index contributed by atoms with van der Waals surface area (Å²) in [5, 5.41) is 0. The highest BCUT2D eigenvalue weighted by molar-refractivity contribution is 5.14. The van der Waals surface area contributed by atoms with Gasteiger partial charge in [0.15, 0.2) is 0 Å². The SMILES string of the molecule is CN(CCc1ccccc1)CC(C)(C)CCN. The van der Waals surface area contributed by atoms with Crippen molar-refractivity contribution in [3.8, 4) is 0 Å². The Hall–Kier alpha value is -0.860. The molecule has 2 nitrogen and oxygen atoms in total. The molecule has 0 saturated carbocycles. The number of nitrogens with zero attached hydrogens (tertiary/aromatic N) is 1. The van der Waals surface area contributed by atoms with Crippen molar-refractivity contribution in [2.24, 2.45) is 11.1 Å². The van der Waals surface area contributed by atoms with Crippen LogP contribution in [0.2, 0.25) is 0 Å². The van der Waals surface area contributed by atoms with Crippen molar-refractivity contribution in [1.82, 2.24) is 4.90 Å². The molecule has 0 aliphatic heterocycles. The van der Waals surface area contributed by atoms with Crippen molar-refractivity contribution in [3.05, 3.63) is 35.9 Å². The van der Waals surface area contributed by atoms with Crippen LogP contribution in [-0.2, 0) is 6.42 Å². The molecule has 2 heteroatoms. The summed E-state index contributed by atoms with van der Waals surface area (Å²) in [7, 11) is 2.20. The molecular weight excluding hydrogens is 208 g/mol. The summed E-state index contributed by atoms with van der Waals surface area (Å²) in [5.74, 6) is 0. The molecule has 2 N–H and O–H groups in total. The van der Waals surface area contributed by atoms with Crippen LogP contribution in [0.5, 0.6) is 0 Å². The van der Waals surface area contributed by atoms with Gasteiger partial charge in [-0.15, -0.1) is 0 Å². The van der Waals surface area contributed by atoms with Crippen molar-refractivity contribution in [1.29, 1.82) is 0 Å². The molecule has 0 spiro atoms. The highest BCUT2D eigenvalue weighted by Crippen LogP contribution is 2.20. The van der Waals surface area contributed by atoms with E-state index in [9.17, 15) is 0 Å². The fraction of sp³-hybridized carbons (Fsp3) is 0.600. The standard InChI is InChI=1S/C15H26N2/c1-15(2,10-11-16)13-17(3)12-9-14-7-5-4-6-8-14/h4-8H,9-13,16H2,1-3H3. The third-order valence-corrected chi connectivity index (χ3v) is 3.14. The van der Waals surface area contributed by atoms with Crippen molar-refractivity contribution < 1.29 is 0 Å². The molecule has 1 aromatic carbocycles. The van der Waals surface area contributed by atoms with Gasteiger partial charge in [0.1, 0.15) is 0 Å². The number of hydrogen-bond donors (Lipinski definition) is 1. The maximum Gasteiger partial charge on any atom is 0.00302 e. The first-order valence-corrected chi connectivity index (χ1v) is 6.46. The highest BCUT2D eigenvalue weighted by atomic mass is 15.1. The molecule has 0 heterocycles. The predicted molar refractivity (Wildman–Crippen MR) is 75.1 cm³/mol. The zero-order chi connectivity index (χ0) is 12.7. The first kappa shape index (κ1) is 14.2. The van der Waals surface area contributed by atoms with E-state index in [0.29, 0.717) is 5.41 Å². The Morgan fingerprint density at radius 2 is 1.82 bits per heavy atom. The normalized spacial score (nSPS) is 12.1. The summed E-state index contributed by atoms with van der Waals surface area (Å²) < 4.78 is 0. The number of nitrogens with two attached hydrogens (primary N) is 1. The lowest BCUT2D eigenvalue weighted by atomic mass is 9.89. The van der Waals surface area contributed by atoms with Crippen LogP contribution in [0.1, 0.15) is 25.8 Å². The first-order valence-electron chi connectivity index (χ1n) is 6.46. The number of hydrogen-bond acceptors (Lipinski definition) is 2. The van der Waals surface area contributed by atoms with Crippen molar-refractivity contribution >= 4 is 0 Å². The Balaban J connectivity index is 2.33. The topological polar surface area (TPSA) is 29.3 Å². The molecule has 0 fully saturated rings. The monoisotopic (exact) mass is 234 g/mol. The molecule has 0 unspecified atom stereocenters. The Bertz CT molecular complexity index is 306. The van der Waals surface area contributed by atoms with Gasteiger partial charge in [0.25, 0.3) is 0 Å². The summed E-state index contributed by atoms with van der Waals surface area (Å²) in [4.78, 5) is 2.41. The molecule has 0 atom stereocenters. The maximum absolute atomic E-state index is 5.64. The van der Waals surface area contributed by atoms with E-state index in [0.717, 1.165) is 32.5 Å². The summed E-state index contributed by atoms with van der Waals surface area (Å²) in [6, 6.07) is 10.7. The van der Waals surface area contributed by atoms with Gasteiger partial charge >= 0.3 is 0 Å². The zero-order valence-electron chi connectivity index (χ0n) is 11.4. The van der Waals surface area contributed by atoms with E-state index in [4.69, 9.17) is 5.73 Å². The fourth-order valence-electron chi connectivity index (χ4n) is 2.24. The van der Waals surface area contributed by atoms with E-state index in [1.165, 1.54) is 5.56 Å². The quantitative estimate of drug-likeness (QED) is 0.785. The van der Waals surface area contributed by atoms with Crippen molar-refractivity contribution in [3.63, 3.8) is 0 Å². The van der Waals surface area contributed by atoms with Gasteiger partial charge in [-0.3, -0.25) is 0 Å². The minimum Gasteiger partial charge on any atom is -0.330 e.